The van der Waals surface area contributed by atoms with E-state index in [1.54, 1.807) is 12.1 Å². The molecular weight excluding hydrogens is 376 g/mol. The number of nitrogens with one attached hydrogen (secondary N) is 1. The van der Waals surface area contributed by atoms with Gasteiger partial charge in [-0.3, -0.25) is 4.79 Å². The van der Waals surface area contributed by atoms with E-state index >= 15 is 0 Å². The minimum Gasteiger partial charge on any atom is -0.495 e. The molecule has 28 heavy (non-hydrogen) atoms. The Morgan fingerprint density at radius 3 is 2.36 bits per heavy atom. The number of sulfonamides is 1. The van der Waals surface area contributed by atoms with Gasteiger partial charge in [0.15, 0.2) is 0 Å². The fourth-order valence-corrected chi connectivity index (χ4v) is 5.97. The van der Waals surface area contributed by atoms with Crippen LogP contribution in [0.15, 0.2) is 23.1 Å². The van der Waals surface area contributed by atoms with Crippen LogP contribution in [0.5, 0.6) is 5.75 Å². The molecule has 6 nitrogen and oxygen atoms in total. The molecular formula is C21H32N2O4S. The number of rotatable bonds is 7. The van der Waals surface area contributed by atoms with Crippen molar-refractivity contribution in [3.63, 3.8) is 0 Å². The second-order valence-electron chi connectivity index (χ2n) is 7.85. The van der Waals surface area contributed by atoms with Crippen LogP contribution in [0.3, 0.4) is 0 Å². The van der Waals surface area contributed by atoms with Crippen LogP contribution < -0.4 is 9.46 Å². The quantitative estimate of drug-likeness (QED) is 0.746. The monoisotopic (exact) mass is 408 g/mol. The van der Waals surface area contributed by atoms with Gasteiger partial charge in [0.2, 0.25) is 10.0 Å². The van der Waals surface area contributed by atoms with Gasteiger partial charge in [0, 0.05) is 24.2 Å². The molecule has 2 saturated carbocycles. The molecule has 0 aromatic heterocycles. The summed E-state index contributed by atoms with van der Waals surface area (Å²) >= 11 is 0. The Labute approximate surface area is 168 Å². The molecule has 7 heteroatoms. The van der Waals surface area contributed by atoms with Crippen LogP contribution in [0.4, 0.5) is 0 Å². The van der Waals surface area contributed by atoms with E-state index in [0.29, 0.717) is 12.1 Å². The SMILES string of the molecule is CCN(C(=O)c1ccc(OC)c(S(=O)(=O)NC2CCCC2)c1)C1CCCCC1. The lowest BCUT2D eigenvalue weighted by atomic mass is 9.93. The molecule has 0 unspecified atom stereocenters. The summed E-state index contributed by atoms with van der Waals surface area (Å²) in [6, 6.07) is 4.93. The molecule has 2 fully saturated rings. The van der Waals surface area contributed by atoms with Gasteiger partial charge in [0.1, 0.15) is 10.6 Å². The Kier molecular flexibility index (Phi) is 6.99. The van der Waals surface area contributed by atoms with Crippen LogP contribution in [0, 0.1) is 0 Å². The summed E-state index contributed by atoms with van der Waals surface area (Å²) in [5, 5.41) is 0. The Morgan fingerprint density at radius 2 is 1.75 bits per heavy atom. The normalized spacial score (nSPS) is 18.9. The third kappa shape index (κ3) is 4.69. The lowest BCUT2D eigenvalue weighted by molar-refractivity contribution is 0.0647. The highest BCUT2D eigenvalue weighted by atomic mass is 32.2. The van der Waals surface area contributed by atoms with Gasteiger partial charge in [-0.15, -0.1) is 0 Å². The first-order valence-corrected chi connectivity index (χ1v) is 12.0. The van der Waals surface area contributed by atoms with E-state index in [4.69, 9.17) is 4.74 Å². The predicted molar refractivity (Wildman–Crippen MR) is 109 cm³/mol. The van der Waals surface area contributed by atoms with E-state index in [-0.39, 0.29) is 28.6 Å². The van der Waals surface area contributed by atoms with E-state index in [2.05, 4.69) is 4.72 Å². The van der Waals surface area contributed by atoms with Crippen molar-refractivity contribution in [1.82, 2.24) is 9.62 Å². The van der Waals surface area contributed by atoms with Crippen LogP contribution in [-0.4, -0.2) is 45.0 Å². The molecule has 0 heterocycles. The molecule has 1 amide bonds. The summed E-state index contributed by atoms with van der Waals surface area (Å²) in [7, 11) is -2.30. The number of carbonyl (C=O) groups excluding carboxylic acids is 1. The van der Waals surface area contributed by atoms with Crippen LogP contribution in [0.1, 0.15) is 75.1 Å². The molecule has 0 bridgehead atoms. The Morgan fingerprint density at radius 1 is 1.11 bits per heavy atom. The molecule has 1 aromatic rings. The summed E-state index contributed by atoms with van der Waals surface area (Å²) in [6.45, 7) is 2.60. The van der Waals surface area contributed by atoms with Crippen LogP contribution in [-0.2, 0) is 10.0 Å². The molecule has 0 aliphatic heterocycles. The molecule has 1 N–H and O–H groups in total. The fourth-order valence-electron chi connectivity index (χ4n) is 4.47. The molecule has 0 saturated heterocycles. The number of carbonyl (C=O) groups is 1. The number of nitrogens with zero attached hydrogens (tertiary/aromatic N) is 1. The largest absolute Gasteiger partial charge is 0.495 e. The van der Waals surface area contributed by atoms with Crippen LogP contribution in [0.2, 0.25) is 0 Å². The molecule has 156 valence electrons. The van der Waals surface area contributed by atoms with Gasteiger partial charge in [-0.1, -0.05) is 32.1 Å². The lowest BCUT2D eigenvalue weighted by Gasteiger charge is -2.33. The number of methoxy groups -OCH3 is 1. The number of ether oxygens (including phenoxy) is 1. The van der Waals surface area contributed by atoms with Gasteiger partial charge in [-0.2, -0.15) is 0 Å². The Balaban J connectivity index is 1.87. The molecule has 1 aromatic carbocycles. The summed E-state index contributed by atoms with van der Waals surface area (Å²) in [5.41, 5.74) is 0.403. The molecule has 2 aliphatic carbocycles. The lowest BCUT2D eigenvalue weighted by Crippen LogP contribution is -2.41. The number of hydrogen-bond donors (Lipinski definition) is 1. The van der Waals surface area contributed by atoms with Crippen LogP contribution in [0.25, 0.3) is 0 Å². The van der Waals surface area contributed by atoms with Crippen LogP contribution >= 0.6 is 0 Å². The van der Waals surface area contributed by atoms with E-state index in [9.17, 15) is 13.2 Å². The first kappa shape index (κ1) is 21.1. The van der Waals surface area contributed by atoms with E-state index in [1.165, 1.54) is 19.6 Å². The van der Waals surface area contributed by atoms with Gasteiger partial charge >= 0.3 is 0 Å². The van der Waals surface area contributed by atoms with Crippen molar-refractivity contribution in [2.24, 2.45) is 0 Å². The molecule has 2 aliphatic rings. The molecule has 0 spiro atoms. The summed E-state index contributed by atoms with van der Waals surface area (Å²) in [5.74, 6) is 0.164. The first-order valence-electron chi connectivity index (χ1n) is 10.5. The zero-order valence-corrected chi connectivity index (χ0v) is 17.8. The van der Waals surface area contributed by atoms with Crippen molar-refractivity contribution in [1.29, 1.82) is 0 Å². The second kappa shape index (κ2) is 9.27. The van der Waals surface area contributed by atoms with Crippen molar-refractivity contribution in [3.05, 3.63) is 23.8 Å². The number of benzene rings is 1. The fraction of sp³-hybridized carbons (Fsp3) is 0.667. The number of amides is 1. The Hall–Kier alpha value is -1.60. The maximum absolute atomic E-state index is 13.2. The number of hydrogen-bond acceptors (Lipinski definition) is 4. The minimum absolute atomic E-state index is 0.0385. The van der Waals surface area contributed by atoms with Crippen molar-refractivity contribution in [2.45, 2.75) is 81.7 Å². The molecule has 0 radical (unpaired) electrons. The van der Waals surface area contributed by atoms with Crippen molar-refractivity contribution in [3.8, 4) is 5.75 Å². The minimum atomic E-state index is -3.75. The third-order valence-electron chi connectivity index (χ3n) is 5.99. The molecule has 0 atom stereocenters. The summed E-state index contributed by atoms with van der Waals surface area (Å²) < 4.78 is 34.0. The maximum atomic E-state index is 13.2. The predicted octanol–water partition coefficient (Wildman–Crippen LogP) is 3.71. The average molecular weight is 409 g/mol. The zero-order valence-electron chi connectivity index (χ0n) is 16.9. The van der Waals surface area contributed by atoms with E-state index in [0.717, 1.165) is 51.4 Å². The highest BCUT2D eigenvalue weighted by Crippen LogP contribution is 2.29. The highest BCUT2D eigenvalue weighted by Gasteiger charge is 2.29. The van der Waals surface area contributed by atoms with Crippen molar-refractivity contribution < 1.29 is 17.9 Å². The maximum Gasteiger partial charge on any atom is 0.254 e. The zero-order chi connectivity index (χ0) is 20.1. The van der Waals surface area contributed by atoms with Gasteiger partial charge in [-0.05, 0) is 50.8 Å². The van der Waals surface area contributed by atoms with Crippen molar-refractivity contribution in [2.75, 3.05) is 13.7 Å². The van der Waals surface area contributed by atoms with Gasteiger partial charge in [0.05, 0.1) is 7.11 Å². The summed E-state index contributed by atoms with van der Waals surface area (Å²) in [4.78, 5) is 15.1. The first-order chi connectivity index (χ1) is 13.5. The van der Waals surface area contributed by atoms with Gasteiger partial charge in [-0.25, -0.2) is 13.1 Å². The summed E-state index contributed by atoms with van der Waals surface area (Å²) in [6.07, 6.45) is 9.32. The third-order valence-corrected chi connectivity index (χ3v) is 7.54. The van der Waals surface area contributed by atoms with Crippen molar-refractivity contribution >= 4 is 15.9 Å². The van der Waals surface area contributed by atoms with Gasteiger partial charge in [0.25, 0.3) is 5.91 Å². The average Bonchev–Trinajstić information content (AvgIpc) is 3.21. The van der Waals surface area contributed by atoms with E-state index < -0.39 is 10.0 Å². The standard InChI is InChI=1S/C21H32N2O4S/c1-3-23(18-11-5-4-6-12-18)21(24)16-13-14-19(27-2)20(15-16)28(25,26)22-17-9-7-8-10-17/h13-15,17-18,22H,3-12H2,1-2H3. The topological polar surface area (TPSA) is 75.7 Å². The highest BCUT2D eigenvalue weighted by molar-refractivity contribution is 7.89. The second-order valence-corrected chi connectivity index (χ2v) is 9.53. The van der Waals surface area contributed by atoms with E-state index in [1.807, 2.05) is 11.8 Å². The Bertz CT molecular complexity index is 782. The smallest absolute Gasteiger partial charge is 0.254 e. The van der Waals surface area contributed by atoms with Gasteiger partial charge < -0.3 is 9.64 Å². The molecule has 3 rings (SSSR count).